The van der Waals surface area contributed by atoms with E-state index in [4.69, 9.17) is 0 Å². The first kappa shape index (κ1) is 7.47. The van der Waals surface area contributed by atoms with Gasteiger partial charge in [0.1, 0.15) is 6.20 Å². The summed E-state index contributed by atoms with van der Waals surface area (Å²) in [5.41, 5.74) is -0.0695. The summed E-state index contributed by atoms with van der Waals surface area (Å²) in [6.45, 7) is 0. The molecule has 0 atom stereocenters. The Morgan fingerprint density at radius 2 is 2.31 bits per heavy atom. The van der Waals surface area contributed by atoms with Crippen molar-refractivity contribution >= 4 is 11.5 Å². The molecule has 2 aromatic rings. The van der Waals surface area contributed by atoms with Crippen molar-refractivity contribution in [1.82, 2.24) is 14.6 Å². The molecule has 0 aliphatic heterocycles. The number of nitro groups is 1. The molecule has 0 aromatic carbocycles. The molecule has 2 aromatic heterocycles. The minimum Gasteiger partial charge on any atom is -0.358 e. The van der Waals surface area contributed by atoms with Crippen LogP contribution in [-0.4, -0.2) is 19.5 Å². The highest BCUT2D eigenvalue weighted by Crippen LogP contribution is 2.09. The smallest absolute Gasteiger partial charge is 0.358 e. The van der Waals surface area contributed by atoms with Gasteiger partial charge in [-0.1, -0.05) is 4.52 Å². The standard InChI is InChI=1S/C6H4N4O3/c11-5-2-1-4-7-3-6(10(12)13)9(4)8-5/h1-3H,(H,8,11). The van der Waals surface area contributed by atoms with Gasteiger partial charge in [-0.3, -0.25) is 4.79 Å². The molecule has 0 bridgehead atoms. The van der Waals surface area contributed by atoms with Gasteiger partial charge in [0.2, 0.25) is 5.65 Å². The molecule has 0 saturated carbocycles. The molecule has 0 saturated heterocycles. The fourth-order valence-corrected chi connectivity index (χ4v) is 1.02. The van der Waals surface area contributed by atoms with Gasteiger partial charge >= 0.3 is 5.82 Å². The van der Waals surface area contributed by atoms with Crippen LogP contribution in [0, 0.1) is 10.1 Å². The molecule has 66 valence electrons. The third-order valence-corrected chi connectivity index (χ3v) is 1.56. The van der Waals surface area contributed by atoms with E-state index < -0.39 is 10.5 Å². The third-order valence-electron chi connectivity index (χ3n) is 1.56. The lowest BCUT2D eigenvalue weighted by Gasteiger charge is -1.90. The van der Waals surface area contributed by atoms with Crippen LogP contribution < -0.4 is 5.56 Å². The summed E-state index contributed by atoms with van der Waals surface area (Å²) in [6, 6.07) is 2.66. The van der Waals surface area contributed by atoms with Gasteiger partial charge in [0.05, 0.1) is 0 Å². The molecule has 7 nitrogen and oxygen atoms in total. The van der Waals surface area contributed by atoms with Crippen molar-refractivity contribution < 1.29 is 4.92 Å². The Morgan fingerprint density at radius 1 is 1.54 bits per heavy atom. The largest absolute Gasteiger partial charge is 0.366 e. The Morgan fingerprint density at radius 3 is 3.00 bits per heavy atom. The van der Waals surface area contributed by atoms with Crippen LogP contribution in [0.25, 0.3) is 5.65 Å². The van der Waals surface area contributed by atoms with E-state index in [9.17, 15) is 14.9 Å². The molecule has 0 amide bonds. The fraction of sp³-hybridized carbons (Fsp3) is 0. The zero-order valence-electron chi connectivity index (χ0n) is 6.30. The first-order valence-corrected chi connectivity index (χ1v) is 3.39. The monoisotopic (exact) mass is 180 g/mol. The van der Waals surface area contributed by atoms with Gasteiger partial charge in [-0.25, -0.2) is 4.98 Å². The molecule has 0 radical (unpaired) electrons. The SMILES string of the molecule is O=c1ccc2ncc([N+](=O)[O-])n2[nH]1. The first-order chi connectivity index (χ1) is 6.18. The van der Waals surface area contributed by atoms with Crippen LogP contribution in [0.3, 0.4) is 0 Å². The summed E-state index contributed by atoms with van der Waals surface area (Å²) in [4.78, 5) is 24.4. The second-order valence-corrected chi connectivity index (χ2v) is 2.38. The van der Waals surface area contributed by atoms with E-state index in [1.807, 2.05) is 0 Å². The quantitative estimate of drug-likeness (QED) is 0.491. The normalized spacial score (nSPS) is 10.5. The first-order valence-electron chi connectivity index (χ1n) is 3.39. The van der Waals surface area contributed by atoms with E-state index in [0.717, 1.165) is 10.7 Å². The van der Waals surface area contributed by atoms with Gasteiger partial charge in [0, 0.05) is 12.1 Å². The number of fused-ring (bicyclic) bond motifs is 1. The highest BCUT2D eigenvalue weighted by Gasteiger charge is 2.13. The number of nitrogens with one attached hydrogen (secondary N) is 1. The number of hydrogen-bond donors (Lipinski definition) is 1. The zero-order chi connectivity index (χ0) is 9.42. The maximum absolute atomic E-state index is 10.8. The molecule has 7 heteroatoms. The van der Waals surface area contributed by atoms with Crippen molar-refractivity contribution in [3.05, 3.63) is 38.8 Å². The van der Waals surface area contributed by atoms with E-state index in [0.29, 0.717) is 5.65 Å². The average molecular weight is 180 g/mol. The average Bonchev–Trinajstić information content (AvgIpc) is 2.46. The second kappa shape index (κ2) is 2.41. The third kappa shape index (κ3) is 1.06. The fourth-order valence-electron chi connectivity index (χ4n) is 1.02. The Labute approximate surface area is 70.8 Å². The molecule has 2 heterocycles. The summed E-state index contributed by atoms with van der Waals surface area (Å²) in [6.07, 6.45) is 1.09. The number of H-pyrrole nitrogens is 1. The molecular weight excluding hydrogens is 176 g/mol. The molecule has 13 heavy (non-hydrogen) atoms. The van der Waals surface area contributed by atoms with Gasteiger partial charge in [0.15, 0.2) is 0 Å². The van der Waals surface area contributed by atoms with Crippen LogP contribution in [0.15, 0.2) is 23.1 Å². The Bertz CT molecular complexity index is 526. The van der Waals surface area contributed by atoms with E-state index in [1.165, 1.54) is 12.1 Å². The Hall–Kier alpha value is -2.18. The van der Waals surface area contributed by atoms with Crippen LogP contribution in [0.1, 0.15) is 0 Å². The molecule has 0 spiro atoms. The lowest BCUT2D eigenvalue weighted by Crippen LogP contribution is -2.10. The second-order valence-electron chi connectivity index (χ2n) is 2.38. The maximum atomic E-state index is 10.8. The van der Waals surface area contributed by atoms with Crippen molar-refractivity contribution in [3.8, 4) is 0 Å². The zero-order valence-corrected chi connectivity index (χ0v) is 6.30. The predicted octanol–water partition coefficient (Wildman–Crippen LogP) is -0.0692. The number of aromatic nitrogens is 3. The van der Waals surface area contributed by atoms with Crippen molar-refractivity contribution in [3.63, 3.8) is 0 Å². The van der Waals surface area contributed by atoms with E-state index in [2.05, 4.69) is 10.1 Å². The van der Waals surface area contributed by atoms with Crippen molar-refractivity contribution in [2.75, 3.05) is 0 Å². The molecule has 0 aliphatic rings. The summed E-state index contributed by atoms with van der Waals surface area (Å²) >= 11 is 0. The molecule has 0 fully saturated rings. The summed E-state index contributed by atoms with van der Waals surface area (Å²) < 4.78 is 1.03. The van der Waals surface area contributed by atoms with Crippen molar-refractivity contribution in [1.29, 1.82) is 0 Å². The van der Waals surface area contributed by atoms with Gasteiger partial charge in [-0.2, -0.15) is 5.10 Å². The Balaban J connectivity index is 2.86. The molecule has 2 rings (SSSR count). The number of imidazole rings is 1. The van der Waals surface area contributed by atoms with Gasteiger partial charge in [-0.05, 0) is 4.92 Å². The lowest BCUT2D eigenvalue weighted by atomic mass is 10.5. The van der Waals surface area contributed by atoms with Crippen LogP contribution in [0.4, 0.5) is 5.82 Å². The van der Waals surface area contributed by atoms with E-state index in [-0.39, 0.29) is 5.82 Å². The van der Waals surface area contributed by atoms with Crippen LogP contribution in [0.2, 0.25) is 0 Å². The van der Waals surface area contributed by atoms with Crippen molar-refractivity contribution in [2.24, 2.45) is 0 Å². The predicted molar refractivity (Wildman–Crippen MR) is 42.5 cm³/mol. The molecule has 0 aliphatic carbocycles. The number of nitrogens with zero attached hydrogens (tertiary/aromatic N) is 3. The number of hydrogen-bond acceptors (Lipinski definition) is 4. The van der Waals surface area contributed by atoms with Crippen LogP contribution in [-0.2, 0) is 0 Å². The van der Waals surface area contributed by atoms with E-state index >= 15 is 0 Å². The molecule has 0 unspecified atom stereocenters. The van der Waals surface area contributed by atoms with Crippen molar-refractivity contribution in [2.45, 2.75) is 0 Å². The highest BCUT2D eigenvalue weighted by atomic mass is 16.6. The van der Waals surface area contributed by atoms with Gasteiger partial charge in [-0.15, -0.1) is 0 Å². The minimum absolute atomic E-state index is 0.257. The topological polar surface area (TPSA) is 93.3 Å². The summed E-state index contributed by atoms with van der Waals surface area (Å²) in [5.74, 6) is -0.257. The van der Waals surface area contributed by atoms with Crippen LogP contribution >= 0.6 is 0 Å². The molecule has 1 N–H and O–H groups in total. The number of aromatic amines is 1. The summed E-state index contributed by atoms with van der Waals surface area (Å²) in [7, 11) is 0. The molecular formula is C6H4N4O3. The van der Waals surface area contributed by atoms with Gasteiger partial charge < -0.3 is 10.1 Å². The van der Waals surface area contributed by atoms with Gasteiger partial charge in [0.25, 0.3) is 5.56 Å². The minimum atomic E-state index is -0.615. The lowest BCUT2D eigenvalue weighted by molar-refractivity contribution is -0.391. The maximum Gasteiger partial charge on any atom is 0.366 e. The summed E-state index contributed by atoms with van der Waals surface area (Å²) in [5, 5.41) is 12.7. The van der Waals surface area contributed by atoms with Crippen LogP contribution in [0.5, 0.6) is 0 Å². The Kier molecular flexibility index (Phi) is 1.38. The number of rotatable bonds is 1. The van der Waals surface area contributed by atoms with E-state index in [1.54, 1.807) is 0 Å². The highest BCUT2D eigenvalue weighted by molar-refractivity contribution is 5.41.